The molecule has 4 aliphatic rings. The average molecular weight is 1210 g/mol. The Morgan fingerprint density at radius 2 is 1.07 bits per heavy atom. The van der Waals surface area contributed by atoms with Crippen LogP contribution in [0.5, 0.6) is 0 Å². The van der Waals surface area contributed by atoms with Gasteiger partial charge in [0.2, 0.25) is 0 Å². The van der Waals surface area contributed by atoms with E-state index in [0.717, 1.165) is 105 Å². The fourth-order valence-electron chi connectivity index (χ4n) is 8.47. The van der Waals surface area contributed by atoms with Crippen molar-refractivity contribution in [2.45, 2.75) is 126 Å². The number of unbranched alkanes of at least 4 members (excludes halogenated alkanes) is 2. The first kappa shape index (κ1) is 68.9. The Morgan fingerprint density at radius 3 is 1.41 bits per heavy atom. The first-order valence-electron chi connectivity index (χ1n) is 27.0. The van der Waals surface area contributed by atoms with Crippen LogP contribution in [-0.4, -0.2) is 173 Å². The average Bonchev–Trinajstić information content (AvgIpc) is 3.52. The topological polar surface area (TPSA) is 291 Å². The van der Waals surface area contributed by atoms with Gasteiger partial charge in [-0.3, -0.25) is 32.6 Å². The number of carboxylic acids is 1. The van der Waals surface area contributed by atoms with Crippen LogP contribution >= 0.6 is 0 Å². The summed E-state index contributed by atoms with van der Waals surface area (Å²) in [5.74, 6) is 15.1. The van der Waals surface area contributed by atoms with Gasteiger partial charge in [0.1, 0.15) is 0 Å². The van der Waals surface area contributed by atoms with Crippen LogP contribution in [0, 0.1) is 23.7 Å². The molecule has 2 saturated heterocycles. The lowest BCUT2D eigenvalue weighted by atomic mass is 9.98. The molecule has 4 unspecified atom stereocenters. The molecule has 2 aromatic carbocycles. The first-order chi connectivity index (χ1) is 38.1. The van der Waals surface area contributed by atoms with Crippen LogP contribution in [-0.2, 0) is 77.0 Å². The molecule has 2 fully saturated rings. The third-order valence-corrected chi connectivity index (χ3v) is 19.4. The van der Waals surface area contributed by atoms with Crippen molar-refractivity contribution in [3.8, 4) is 23.7 Å². The number of aliphatic carboxylic acids is 1. The van der Waals surface area contributed by atoms with Gasteiger partial charge in [0, 0.05) is 102 Å². The van der Waals surface area contributed by atoms with Gasteiger partial charge in [-0.05, 0) is 125 Å². The Bertz CT molecular complexity index is 3010. The summed E-state index contributed by atoms with van der Waals surface area (Å²) in [6, 6.07) is 15.9. The van der Waals surface area contributed by atoms with Crippen LogP contribution in [0.15, 0.2) is 60.7 Å². The molecular weight excluding hydrogens is 1130 g/mol. The Hall–Kier alpha value is -4.58. The quantitative estimate of drug-likeness (QED) is 0.0556. The second kappa shape index (κ2) is 33.1. The summed E-state index contributed by atoms with van der Waals surface area (Å²) in [6.07, 6.45) is 17.3. The number of carbonyl (C=O) groups excluding carboxylic acids is 1. The summed E-state index contributed by atoms with van der Waals surface area (Å²) in [5, 5.41) is 9.39. The van der Waals surface area contributed by atoms with E-state index in [1.54, 1.807) is 0 Å². The number of hydrogen-bond donors (Lipinski definition) is 3. The van der Waals surface area contributed by atoms with E-state index in [4.69, 9.17) is 24.4 Å². The number of ether oxygens (including phenoxy) is 2. The predicted octanol–water partition coefficient (Wildman–Crippen LogP) is 5.22. The van der Waals surface area contributed by atoms with Crippen molar-refractivity contribution in [3.05, 3.63) is 82.9 Å². The van der Waals surface area contributed by atoms with Gasteiger partial charge >= 0.3 is 5.97 Å². The Labute approximate surface area is 480 Å². The number of benzene rings is 2. The number of sulfone groups is 2. The fourth-order valence-corrected chi connectivity index (χ4v) is 10.9. The fraction of sp³-hybridized carbons (Fsp3) is 0.607. The minimum Gasteiger partial charge on any atom is -0.480 e. The summed E-state index contributed by atoms with van der Waals surface area (Å²) in [5.41, 5.74) is 8.68. The molecule has 0 radical (unpaired) electrons. The van der Waals surface area contributed by atoms with Gasteiger partial charge < -0.3 is 14.6 Å². The number of hydroxylamine groups is 1. The van der Waals surface area contributed by atoms with Crippen molar-refractivity contribution < 1.29 is 75.9 Å². The minimum atomic E-state index is -3.72. The molecule has 0 spiro atoms. The number of hydrogen-bond acceptors (Lipinski definition) is 19. The van der Waals surface area contributed by atoms with Crippen molar-refractivity contribution in [2.24, 2.45) is 5.90 Å². The molecule has 0 bridgehead atoms. The third-order valence-electron chi connectivity index (χ3n) is 14.1. The molecule has 4 N–H and O–H groups in total. The largest absolute Gasteiger partial charge is 0.480 e. The summed E-state index contributed by atoms with van der Waals surface area (Å²) in [7, 11) is -14.3. The van der Waals surface area contributed by atoms with E-state index in [2.05, 4.69) is 60.1 Å². The molecule has 81 heavy (non-hydrogen) atoms. The lowest BCUT2D eigenvalue weighted by Gasteiger charge is -2.32. The first-order valence-corrected chi connectivity index (χ1v) is 34.4. The number of amides is 1. The Kier molecular flexibility index (Phi) is 28.1. The summed E-state index contributed by atoms with van der Waals surface area (Å²) in [6.45, 7) is 7.91. The molecule has 25 heteroatoms. The molecule has 0 aliphatic carbocycles. The maximum atomic E-state index is 12.9. The van der Waals surface area contributed by atoms with E-state index >= 15 is 0 Å². The lowest BCUT2D eigenvalue weighted by Crippen LogP contribution is -2.52. The Balaban J connectivity index is 0.000000310. The van der Waals surface area contributed by atoms with Crippen molar-refractivity contribution in [1.82, 2.24) is 15.3 Å². The highest BCUT2D eigenvalue weighted by atomic mass is 32.2. The summed E-state index contributed by atoms with van der Waals surface area (Å²) < 4.78 is 109. The third kappa shape index (κ3) is 24.7. The van der Waals surface area contributed by atoms with E-state index in [0.29, 0.717) is 64.9 Å². The van der Waals surface area contributed by atoms with Crippen molar-refractivity contribution in [1.29, 1.82) is 0 Å². The molecule has 4 atom stereocenters. The minimum absolute atomic E-state index is 0.0398. The highest BCUT2D eigenvalue weighted by Gasteiger charge is 2.45. The normalized spacial score (nSPS) is 19.8. The van der Waals surface area contributed by atoms with Crippen LogP contribution in [0.2, 0.25) is 0 Å². The van der Waals surface area contributed by atoms with Gasteiger partial charge in [-0.1, -0.05) is 60.1 Å². The number of rotatable bonds is 23. The number of nitrogens with two attached hydrogens (primary N) is 1. The van der Waals surface area contributed by atoms with Gasteiger partial charge in [-0.2, -0.15) is 16.8 Å². The second-order valence-corrected chi connectivity index (χ2v) is 28.8. The van der Waals surface area contributed by atoms with Gasteiger partial charge in [-0.15, -0.1) is 0 Å². The van der Waals surface area contributed by atoms with Crippen LogP contribution in [0.25, 0.3) is 11.1 Å². The smallest absolute Gasteiger partial charge is 0.324 e. The Morgan fingerprint density at radius 1 is 0.654 bits per heavy atom. The zero-order chi connectivity index (χ0) is 59.7. The highest BCUT2D eigenvalue weighted by Crippen LogP contribution is 2.28. The standard InChI is InChI=1S/C28H40N2O8S2.C23H31NO7S2.C5H11NO2/c1-28(39(2,32)33,27(31)29-38-26-10-6-8-21-36-26)17-20-30-18-15-25(16-19-30)24-13-11-23(12-14-24)9-5-4-7-22-37-40(3,34)35;1-23(22(25)26,32(2,27)28)14-17-24-15-12-21(13-16-24)20-10-8-19(9-11-20)7-5-4-6-18-31-33(3,29)30;6-8-5-3-1-2-4-7-5/h11-15,26H,4,6-8,10,16-22H2,1-3H3,(H,29,31);8-12H,4,6,13-18H2,1-3H3,(H,25,26);5H,1-4,6H2. The van der Waals surface area contributed by atoms with Crippen molar-refractivity contribution in [2.75, 3.05) is 90.7 Å². The predicted molar refractivity (Wildman–Crippen MR) is 310 cm³/mol. The molecule has 6 rings (SSSR count). The van der Waals surface area contributed by atoms with E-state index in [9.17, 15) is 48.4 Å². The van der Waals surface area contributed by atoms with E-state index < -0.39 is 67.6 Å². The van der Waals surface area contributed by atoms with Crippen molar-refractivity contribution in [3.63, 3.8) is 0 Å². The molecule has 21 nitrogen and oxygen atoms in total. The SMILES string of the molecule is CC(CCN1CC=C(c2ccc(C#CCCCOS(C)(=O)=O)cc2)CC1)(C(=O)NOC1CCCCO1)S(C)(=O)=O.CC(CCN1CC=C(c2ccc(C#CCCCOS(C)(=O)=O)cc2)CC1)(C(=O)O)S(C)(=O)=O.NOC1CCCCO1. The summed E-state index contributed by atoms with van der Waals surface area (Å²) in [4.78, 5) is 38.4. The maximum Gasteiger partial charge on any atom is 0.324 e. The summed E-state index contributed by atoms with van der Waals surface area (Å²) >= 11 is 0. The molecule has 2 aromatic rings. The zero-order valence-corrected chi connectivity index (χ0v) is 50.7. The zero-order valence-electron chi connectivity index (χ0n) is 47.5. The second-order valence-electron chi connectivity index (χ2n) is 20.7. The lowest BCUT2D eigenvalue weighted by molar-refractivity contribution is -0.201. The molecule has 0 saturated carbocycles. The van der Waals surface area contributed by atoms with Crippen LogP contribution in [0.1, 0.15) is 126 Å². The molecule has 4 heterocycles. The van der Waals surface area contributed by atoms with Gasteiger partial charge in [0.05, 0.1) is 25.7 Å². The van der Waals surface area contributed by atoms with Gasteiger partial charge in [0.25, 0.3) is 26.1 Å². The van der Waals surface area contributed by atoms with Crippen LogP contribution < -0.4 is 11.4 Å². The number of nitrogens with one attached hydrogen (secondary N) is 1. The van der Waals surface area contributed by atoms with E-state index in [1.165, 1.54) is 31.4 Å². The van der Waals surface area contributed by atoms with Crippen molar-refractivity contribution >= 4 is 62.9 Å². The van der Waals surface area contributed by atoms with E-state index in [-0.39, 0.29) is 32.3 Å². The van der Waals surface area contributed by atoms with Crippen LogP contribution in [0.3, 0.4) is 0 Å². The van der Waals surface area contributed by atoms with Gasteiger partial charge in [0.15, 0.2) is 41.7 Å². The molecule has 4 aliphatic heterocycles. The molecule has 0 aromatic heterocycles. The number of carbonyl (C=O) groups is 2. The van der Waals surface area contributed by atoms with Gasteiger partial charge in [-0.25, -0.2) is 33.1 Å². The van der Waals surface area contributed by atoms with E-state index in [1.807, 2.05) is 48.5 Å². The molecular formula is C56H82N4O17S4. The molecule has 1 amide bonds. The number of carboxylic acid groups (broad SMARTS) is 1. The highest BCUT2D eigenvalue weighted by molar-refractivity contribution is 7.93. The monoisotopic (exact) mass is 1210 g/mol. The molecule has 452 valence electrons. The van der Waals surface area contributed by atoms with Crippen LogP contribution in [0.4, 0.5) is 0 Å². The maximum absolute atomic E-state index is 12.9. The number of nitrogens with zero attached hydrogens (tertiary/aromatic N) is 2.